The molecule has 0 atom stereocenters. The third kappa shape index (κ3) is 4.20. The molecule has 2 rings (SSSR count). The van der Waals surface area contributed by atoms with E-state index in [0.29, 0.717) is 25.9 Å². The van der Waals surface area contributed by atoms with Crippen molar-refractivity contribution in [1.29, 1.82) is 0 Å². The number of carbonyl (C=O) groups excluding carboxylic acids is 1. The fourth-order valence-electron chi connectivity index (χ4n) is 2.38. The minimum absolute atomic E-state index is 0.0745. The molecule has 1 aromatic rings. The third-order valence-electron chi connectivity index (χ3n) is 3.76. The molecular weight excluding hydrogens is 345 g/mol. The van der Waals surface area contributed by atoms with Gasteiger partial charge in [0.25, 0.3) is 16.1 Å². The van der Waals surface area contributed by atoms with Crippen molar-refractivity contribution in [2.45, 2.75) is 18.9 Å². The Morgan fingerprint density at radius 1 is 1.35 bits per heavy atom. The molecule has 9 heteroatoms. The van der Waals surface area contributed by atoms with Crippen molar-refractivity contribution in [3.05, 3.63) is 34.6 Å². The van der Waals surface area contributed by atoms with Gasteiger partial charge in [-0.2, -0.15) is 17.4 Å². The number of hydrogen-bond acceptors (Lipinski definition) is 3. The van der Waals surface area contributed by atoms with Crippen LogP contribution in [0.1, 0.15) is 23.2 Å². The van der Waals surface area contributed by atoms with Crippen LogP contribution in [0.3, 0.4) is 0 Å². The summed E-state index contributed by atoms with van der Waals surface area (Å²) in [6.45, 7) is 0.675. The van der Waals surface area contributed by atoms with Crippen LogP contribution < -0.4 is 4.72 Å². The molecule has 23 heavy (non-hydrogen) atoms. The second-order valence-electron chi connectivity index (χ2n) is 5.57. The molecule has 0 spiro atoms. The average Bonchev–Trinajstić information content (AvgIpc) is 2.47. The molecule has 0 bridgehead atoms. The molecule has 1 aliphatic heterocycles. The van der Waals surface area contributed by atoms with Crippen molar-refractivity contribution in [1.82, 2.24) is 13.9 Å². The summed E-state index contributed by atoms with van der Waals surface area (Å²) in [5.41, 5.74) is -0.138. The van der Waals surface area contributed by atoms with Gasteiger partial charge in [0, 0.05) is 33.2 Å². The van der Waals surface area contributed by atoms with E-state index in [1.54, 1.807) is 0 Å². The van der Waals surface area contributed by atoms with Crippen molar-refractivity contribution in [3.8, 4) is 0 Å². The summed E-state index contributed by atoms with van der Waals surface area (Å²) in [7, 11) is -0.611. The molecule has 1 aromatic carbocycles. The third-order valence-corrected chi connectivity index (χ3v) is 5.66. The van der Waals surface area contributed by atoms with Crippen molar-refractivity contribution < 1.29 is 17.6 Å². The smallest absolute Gasteiger partial charge is 0.279 e. The Bertz CT molecular complexity index is 668. The molecule has 1 amide bonds. The van der Waals surface area contributed by atoms with Gasteiger partial charge in [-0.05, 0) is 25.0 Å². The molecule has 0 saturated carbocycles. The number of halogens is 2. The van der Waals surface area contributed by atoms with E-state index in [1.165, 1.54) is 37.2 Å². The van der Waals surface area contributed by atoms with Crippen molar-refractivity contribution in [2.75, 3.05) is 27.2 Å². The highest BCUT2D eigenvalue weighted by Gasteiger charge is 2.29. The van der Waals surface area contributed by atoms with E-state index >= 15 is 0 Å². The van der Waals surface area contributed by atoms with Crippen LogP contribution in [-0.4, -0.2) is 56.8 Å². The fraction of sp³-hybridized carbons (Fsp3) is 0.500. The number of piperidine rings is 1. The Hall–Kier alpha value is -1.22. The molecule has 0 radical (unpaired) electrons. The number of nitrogens with one attached hydrogen (secondary N) is 1. The van der Waals surface area contributed by atoms with Crippen molar-refractivity contribution in [2.24, 2.45) is 0 Å². The predicted octanol–water partition coefficient (Wildman–Crippen LogP) is 1.48. The molecule has 0 unspecified atom stereocenters. The highest BCUT2D eigenvalue weighted by atomic mass is 35.5. The monoisotopic (exact) mass is 363 g/mol. The van der Waals surface area contributed by atoms with Gasteiger partial charge in [-0.25, -0.2) is 4.39 Å². The lowest BCUT2D eigenvalue weighted by Gasteiger charge is -2.33. The van der Waals surface area contributed by atoms with E-state index < -0.39 is 21.9 Å². The van der Waals surface area contributed by atoms with Crippen LogP contribution >= 0.6 is 11.6 Å². The van der Waals surface area contributed by atoms with E-state index in [4.69, 9.17) is 11.6 Å². The van der Waals surface area contributed by atoms with Crippen LogP contribution in [0.5, 0.6) is 0 Å². The predicted molar refractivity (Wildman–Crippen MR) is 86.1 cm³/mol. The largest absolute Gasteiger partial charge is 0.338 e. The van der Waals surface area contributed by atoms with Crippen LogP contribution in [-0.2, 0) is 10.2 Å². The Morgan fingerprint density at radius 3 is 2.48 bits per heavy atom. The van der Waals surface area contributed by atoms with E-state index in [2.05, 4.69) is 4.72 Å². The SMILES string of the molecule is CN(C)S(=O)(=O)NC1CCN(C(=O)c2c(F)cccc2Cl)CC1. The van der Waals surface area contributed by atoms with Crippen molar-refractivity contribution in [3.63, 3.8) is 0 Å². The number of hydrogen-bond donors (Lipinski definition) is 1. The first-order valence-electron chi connectivity index (χ1n) is 7.15. The summed E-state index contributed by atoms with van der Waals surface area (Å²) in [5, 5.41) is 0.0745. The highest BCUT2D eigenvalue weighted by molar-refractivity contribution is 7.87. The van der Waals surface area contributed by atoms with E-state index in [0.717, 1.165) is 4.31 Å². The Morgan fingerprint density at radius 2 is 1.96 bits per heavy atom. The molecule has 6 nitrogen and oxygen atoms in total. The Balaban J connectivity index is 2.01. The zero-order valence-electron chi connectivity index (χ0n) is 12.9. The number of carbonyl (C=O) groups is 1. The topological polar surface area (TPSA) is 69.7 Å². The molecule has 1 aliphatic rings. The van der Waals surface area contributed by atoms with Gasteiger partial charge in [0.05, 0.1) is 10.6 Å². The summed E-state index contributed by atoms with van der Waals surface area (Å²) in [6, 6.07) is 3.85. The normalized spacial score (nSPS) is 16.8. The summed E-state index contributed by atoms with van der Waals surface area (Å²) in [4.78, 5) is 13.9. The maximum Gasteiger partial charge on any atom is 0.279 e. The molecule has 128 valence electrons. The maximum absolute atomic E-state index is 13.8. The van der Waals surface area contributed by atoms with Crippen molar-refractivity contribution >= 4 is 27.7 Å². The maximum atomic E-state index is 13.8. The van der Waals surface area contributed by atoms with Gasteiger partial charge in [-0.1, -0.05) is 17.7 Å². The van der Waals surface area contributed by atoms with E-state index in [9.17, 15) is 17.6 Å². The lowest BCUT2D eigenvalue weighted by Crippen LogP contribution is -2.49. The minimum Gasteiger partial charge on any atom is -0.338 e. The summed E-state index contributed by atoms with van der Waals surface area (Å²) >= 11 is 5.91. The summed E-state index contributed by atoms with van der Waals surface area (Å²) < 4.78 is 41.1. The van der Waals surface area contributed by atoms with Crippen LogP contribution in [0.2, 0.25) is 5.02 Å². The molecule has 0 aliphatic carbocycles. The molecule has 1 fully saturated rings. The minimum atomic E-state index is -3.50. The van der Waals surface area contributed by atoms with Crippen LogP contribution in [0, 0.1) is 5.82 Å². The summed E-state index contributed by atoms with van der Waals surface area (Å²) in [6.07, 6.45) is 0.926. The first kappa shape index (κ1) is 18.1. The van der Waals surface area contributed by atoms with Gasteiger partial charge >= 0.3 is 0 Å². The molecule has 1 heterocycles. The average molecular weight is 364 g/mol. The van der Waals surface area contributed by atoms with Gasteiger partial charge in [0.2, 0.25) is 0 Å². The van der Waals surface area contributed by atoms with E-state index in [1.807, 2.05) is 0 Å². The highest BCUT2D eigenvalue weighted by Crippen LogP contribution is 2.23. The quantitative estimate of drug-likeness (QED) is 0.880. The first-order chi connectivity index (χ1) is 10.7. The van der Waals surface area contributed by atoms with Crippen LogP contribution in [0.4, 0.5) is 4.39 Å². The zero-order chi connectivity index (χ0) is 17.2. The van der Waals surface area contributed by atoms with Gasteiger partial charge in [0.1, 0.15) is 5.82 Å². The van der Waals surface area contributed by atoms with Gasteiger partial charge in [-0.3, -0.25) is 4.79 Å². The second-order valence-corrected chi connectivity index (χ2v) is 7.89. The van der Waals surface area contributed by atoms with Crippen LogP contribution in [0.15, 0.2) is 18.2 Å². The lowest BCUT2D eigenvalue weighted by molar-refractivity contribution is 0.0706. The standard InChI is InChI=1S/C14H19ClFN3O3S/c1-18(2)23(21,22)17-10-6-8-19(9-7-10)14(20)13-11(15)4-3-5-12(13)16/h3-5,10,17H,6-9H2,1-2H3. The Kier molecular flexibility index (Phi) is 5.61. The first-order valence-corrected chi connectivity index (χ1v) is 8.97. The van der Waals surface area contributed by atoms with Gasteiger partial charge in [0.15, 0.2) is 0 Å². The second kappa shape index (κ2) is 7.12. The Labute approximate surface area is 140 Å². The number of nitrogens with zero attached hydrogens (tertiary/aromatic N) is 2. The molecule has 0 aromatic heterocycles. The van der Waals surface area contributed by atoms with E-state index in [-0.39, 0.29) is 16.6 Å². The summed E-state index contributed by atoms with van der Waals surface area (Å²) in [5.74, 6) is -1.13. The van der Waals surface area contributed by atoms with Crippen LogP contribution in [0.25, 0.3) is 0 Å². The van der Waals surface area contributed by atoms with Gasteiger partial charge < -0.3 is 4.90 Å². The molecular formula is C14H19ClFN3O3S. The van der Waals surface area contributed by atoms with Gasteiger partial charge in [-0.15, -0.1) is 0 Å². The number of amides is 1. The number of benzene rings is 1. The molecule has 1 saturated heterocycles. The number of rotatable bonds is 4. The zero-order valence-corrected chi connectivity index (χ0v) is 14.5. The molecule has 1 N–H and O–H groups in total. The number of likely N-dealkylation sites (tertiary alicyclic amines) is 1. The fourth-order valence-corrected chi connectivity index (χ4v) is 3.49. The lowest BCUT2D eigenvalue weighted by atomic mass is 10.0.